The summed E-state index contributed by atoms with van der Waals surface area (Å²) in [6.45, 7) is 4.57. The van der Waals surface area contributed by atoms with E-state index in [1.54, 1.807) is 11.6 Å². The molecule has 0 amide bonds. The minimum absolute atomic E-state index is 0.196. The van der Waals surface area contributed by atoms with Crippen molar-refractivity contribution in [2.24, 2.45) is 13.0 Å². The zero-order chi connectivity index (χ0) is 14.0. The van der Waals surface area contributed by atoms with Crippen LogP contribution in [0.25, 0.3) is 0 Å². The van der Waals surface area contributed by atoms with Crippen molar-refractivity contribution in [3.05, 3.63) is 27.7 Å². The van der Waals surface area contributed by atoms with Crippen molar-refractivity contribution < 1.29 is 10.2 Å². The molecule has 0 aliphatic carbocycles. The molecule has 106 valence electrons. The molecule has 0 bridgehead atoms. The van der Waals surface area contributed by atoms with Crippen LogP contribution in [0.2, 0.25) is 0 Å². The molecule has 1 aromatic heterocycles. The Morgan fingerprint density at radius 3 is 2.58 bits per heavy atom. The molecule has 2 heterocycles. The lowest BCUT2D eigenvalue weighted by atomic mass is 9.99. The summed E-state index contributed by atoms with van der Waals surface area (Å²) in [7, 11) is 1.77. The number of pyridine rings is 1. The highest BCUT2D eigenvalue weighted by molar-refractivity contribution is 5.29. The van der Waals surface area contributed by atoms with Gasteiger partial charge in [-0.2, -0.15) is 0 Å². The van der Waals surface area contributed by atoms with Crippen LogP contribution in [0, 0.1) is 5.92 Å². The van der Waals surface area contributed by atoms with Gasteiger partial charge >= 0.3 is 0 Å². The van der Waals surface area contributed by atoms with Crippen LogP contribution in [0.3, 0.4) is 0 Å². The fourth-order valence-electron chi connectivity index (χ4n) is 2.56. The molecule has 5 nitrogen and oxygen atoms in total. The number of likely N-dealkylation sites (tertiary alicyclic amines) is 1. The summed E-state index contributed by atoms with van der Waals surface area (Å²) < 4.78 is 1.72. The number of nitrogens with zero attached hydrogens (tertiary/aromatic N) is 2. The second kappa shape index (κ2) is 5.75. The molecule has 0 aromatic carbocycles. The summed E-state index contributed by atoms with van der Waals surface area (Å²) in [4.78, 5) is 13.9. The van der Waals surface area contributed by atoms with Crippen LogP contribution in [0.5, 0.6) is 5.75 Å². The first-order valence-electron chi connectivity index (χ1n) is 6.77. The van der Waals surface area contributed by atoms with E-state index in [0.29, 0.717) is 17.9 Å². The maximum absolute atomic E-state index is 11.7. The van der Waals surface area contributed by atoms with Crippen LogP contribution in [0.1, 0.15) is 31.2 Å². The van der Waals surface area contributed by atoms with Gasteiger partial charge in [0.05, 0.1) is 12.3 Å². The predicted molar refractivity (Wildman–Crippen MR) is 72.9 cm³/mol. The third-order valence-electron chi connectivity index (χ3n) is 4.05. The number of aliphatic hydroxyl groups excluding tert-OH is 1. The van der Waals surface area contributed by atoms with Crippen molar-refractivity contribution in [2.45, 2.75) is 32.9 Å². The summed E-state index contributed by atoms with van der Waals surface area (Å²) in [5.41, 5.74) is 0.705. The molecule has 1 aromatic rings. The average molecular weight is 266 g/mol. The zero-order valence-electron chi connectivity index (χ0n) is 11.6. The van der Waals surface area contributed by atoms with Gasteiger partial charge in [-0.3, -0.25) is 9.69 Å². The molecule has 2 rings (SSSR count). The number of aromatic hydroxyl groups is 1. The van der Waals surface area contributed by atoms with Gasteiger partial charge in [0.2, 0.25) is 5.43 Å². The SMILES string of the molecule is CC1CCN(Cc2c(O)c(=O)cc(CO)n2C)CC1. The lowest BCUT2D eigenvalue weighted by molar-refractivity contribution is 0.178. The van der Waals surface area contributed by atoms with Crippen LogP contribution in [0.4, 0.5) is 0 Å². The molecule has 2 N–H and O–H groups in total. The van der Waals surface area contributed by atoms with Crippen molar-refractivity contribution in [1.29, 1.82) is 0 Å². The molecule has 0 spiro atoms. The molecule has 0 saturated carbocycles. The van der Waals surface area contributed by atoms with Gasteiger partial charge < -0.3 is 14.8 Å². The zero-order valence-corrected chi connectivity index (χ0v) is 11.6. The summed E-state index contributed by atoms with van der Waals surface area (Å²) in [6.07, 6.45) is 2.29. The summed E-state index contributed by atoms with van der Waals surface area (Å²) in [5.74, 6) is 0.552. The summed E-state index contributed by atoms with van der Waals surface area (Å²) in [6, 6.07) is 1.29. The molecule has 0 atom stereocenters. The Hall–Kier alpha value is -1.33. The van der Waals surface area contributed by atoms with Gasteiger partial charge in [0.25, 0.3) is 0 Å². The maximum atomic E-state index is 11.7. The number of rotatable bonds is 3. The Kier molecular flexibility index (Phi) is 4.27. The Morgan fingerprint density at radius 1 is 1.37 bits per heavy atom. The number of aromatic nitrogens is 1. The fraction of sp³-hybridized carbons (Fsp3) is 0.643. The van der Waals surface area contributed by atoms with E-state index in [4.69, 9.17) is 0 Å². The highest BCUT2D eigenvalue weighted by Crippen LogP contribution is 2.21. The molecule has 1 fully saturated rings. The quantitative estimate of drug-likeness (QED) is 0.850. The molecular weight excluding hydrogens is 244 g/mol. The van der Waals surface area contributed by atoms with E-state index < -0.39 is 5.43 Å². The van der Waals surface area contributed by atoms with Gasteiger partial charge in [-0.15, -0.1) is 0 Å². The van der Waals surface area contributed by atoms with Gasteiger partial charge in [-0.05, 0) is 31.8 Å². The van der Waals surface area contributed by atoms with E-state index in [0.717, 1.165) is 31.8 Å². The largest absolute Gasteiger partial charge is 0.503 e. The normalized spacial score (nSPS) is 17.8. The first-order chi connectivity index (χ1) is 9.02. The van der Waals surface area contributed by atoms with E-state index in [1.165, 1.54) is 6.07 Å². The van der Waals surface area contributed by atoms with Crippen molar-refractivity contribution in [1.82, 2.24) is 9.47 Å². The molecule has 0 unspecified atom stereocenters. The Morgan fingerprint density at radius 2 is 2.00 bits per heavy atom. The molecule has 19 heavy (non-hydrogen) atoms. The minimum Gasteiger partial charge on any atom is -0.503 e. The minimum atomic E-state index is -0.414. The fourth-order valence-corrected chi connectivity index (χ4v) is 2.56. The molecule has 5 heteroatoms. The van der Waals surface area contributed by atoms with Gasteiger partial charge in [0.1, 0.15) is 0 Å². The first-order valence-corrected chi connectivity index (χ1v) is 6.77. The number of piperidine rings is 1. The van der Waals surface area contributed by atoms with Crippen LogP contribution in [-0.4, -0.2) is 32.8 Å². The third kappa shape index (κ3) is 2.98. The Bertz CT molecular complexity index is 502. The van der Waals surface area contributed by atoms with Gasteiger partial charge in [-0.1, -0.05) is 6.92 Å². The lowest BCUT2D eigenvalue weighted by Crippen LogP contribution is -2.34. The Labute approximate surface area is 113 Å². The summed E-state index contributed by atoms with van der Waals surface area (Å²) in [5, 5.41) is 19.2. The third-order valence-corrected chi connectivity index (χ3v) is 4.05. The predicted octanol–water partition coefficient (Wildman–Crippen LogP) is 0.815. The smallest absolute Gasteiger partial charge is 0.223 e. The van der Waals surface area contributed by atoms with Gasteiger partial charge in [0, 0.05) is 25.4 Å². The maximum Gasteiger partial charge on any atom is 0.223 e. The van der Waals surface area contributed by atoms with E-state index in [1.807, 2.05) is 0 Å². The van der Waals surface area contributed by atoms with Crippen LogP contribution < -0.4 is 5.43 Å². The molecule has 1 aliphatic rings. The van der Waals surface area contributed by atoms with Crippen molar-refractivity contribution in [2.75, 3.05) is 13.1 Å². The average Bonchev–Trinajstić information content (AvgIpc) is 2.41. The summed E-state index contributed by atoms with van der Waals surface area (Å²) >= 11 is 0. The molecule has 0 radical (unpaired) electrons. The van der Waals surface area contributed by atoms with Crippen LogP contribution in [-0.2, 0) is 20.2 Å². The number of aliphatic hydroxyl groups is 1. The highest BCUT2D eigenvalue weighted by atomic mass is 16.3. The van der Waals surface area contributed by atoms with Crippen LogP contribution in [0.15, 0.2) is 10.9 Å². The van der Waals surface area contributed by atoms with E-state index in [-0.39, 0.29) is 12.4 Å². The van der Waals surface area contributed by atoms with Crippen LogP contribution >= 0.6 is 0 Å². The van der Waals surface area contributed by atoms with Gasteiger partial charge in [0.15, 0.2) is 5.75 Å². The van der Waals surface area contributed by atoms with Crippen molar-refractivity contribution in [3.63, 3.8) is 0 Å². The molecule has 1 saturated heterocycles. The van der Waals surface area contributed by atoms with E-state index in [9.17, 15) is 15.0 Å². The standard InChI is InChI=1S/C14H22N2O3/c1-10-3-5-16(6-4-10)8-12-14(19)13(18)7-11(9-17)15(12)2/h7,10,17,19H,3-6,8-9H2,1-2H3. The Balaban J connectivity index is 2.24. The number of hydrogen-bond donors (Lipinski definition) is 2. The van der Waals surface area contributed by atoms with E-state index in [2.05, 4.69) is 11.8 Å². The molecule has 1 aliphatic heterocycles. The lowest BCUT2D eigenvalue weighted by Gasteiger charge is -2.31. The van der Waals surface area contributed by atoms with Crippen molar-refractivity contribution in [3.8, 4) is 5.75 Å². The second-order valence-corrected chi connectivity index (χ2v) is 5.47. The van der Waals surface area contributed by atoms with E-state index >= 15 is 0 Å². The topological polar surface area (TPSA) is 65.7 Å². The monoisotopic (exact) mass is 266 g/mol. The molecular formula is C14H22N2O3. The van der Waals surface area contributed by atoms with Crippen molar-refractivity contribution >= 4 is 0 Å². The highest BCUT2D eigenvalue weighted by Gasteiger charge is 2.19. The number of hydrogen-bond acceptors (Lipinski definition) is 4. The first kappa shape index (κ1) is 14.1. The second-order valence-electron chi connectivity index (χ2n) is 5.47. The van der Waals surface area contributed by atoms with Gasteiger partial charge in [-0.25, -0.2) is 0 Å².